The lowest BCUT2D eigenvalue weighted by Gasteiger charge is -2.30. The summed E-state index contributed by atoms with van der Waals surface area (Å²) in [5, 5.41) is 6.34. The number of ether oxygens (including phenoxy) is 1. The number of nitrogens with one attached hydrogen (secondary N) is 2. The summed E-state index contributed by atoms with van der Waals surface area (Å²) in [6, 6.07) is 7.86. The normalized spacial score (nSPS) is 16.4. The van der Waals surface area contributed by atoms with Gasteiger partial charge < -0.3 is 20.3 Å². The van der Waals surface area contributed by atoms with Crippen molar-refractivity contribution in [1.29, 1.82) is 0 Å². The molecule has 2 rings (SSSR count). The molecule has 0 saturated carbocycles. The average molecular weight is 346 g/mol. The SMILES string of the molecule is CCNC(=NCc1cccc(C(=O)NC(C)CC)c1)N1CCOCC1. The van der Waals surface area contributed by atoms with Crippen LogP contribution in [0, 0.1) is 0 Å². The van der Waals surface area contributed by atoms with Crippen LogP contribution in [0.5, 0.6) is 0 Å². The maximum absolute atomic E-state index is 12.3. The molecule has 6 nitrogen and oxygen atoms in total. The number of guanidine groups is 1. The number of carbonyl (C=O) groups is 1. The van der Waals surface area contributed by atoms with Crippen LogP contribution in [0.4, 0.5) is 0 Å². The Labute approximate surface area is 150 Å². The van der Waals surface area contributed by atoms with Gasteiger partial charge in [0.25, 0.3) is 5.91 Å². The number of morpholine rings is 1. The van der Waals surface area contributed by atoms with Gasteiger partial charge in [0.15, 0.2) is 5.96 Å². The monoisotopic (exact) mass is 346 g/mol. The molecule has 1 heterocycles. The molecule has 2 N–H and O–H groups in total. The number of rotatable bonds is 6. The van der Waals surface area contributed by atoms with E-state index >= 15 is 0 Å². The van der Waals surface area contributed by atoms with E-state index in [1.165, 1.54) is 0 Å². The summed E-state index contributed by atoms with van der Waals surface area (Å²) < 4.78 is 5.40. The van der Waals surface area contributed by atoms with E-state index < -0.39 is 0 Å². The van der Waals surface area contributed by atoms with Gasteiger partial charge in [0, 0.05) is 31.2 Å². The Balaban J connectivity index is 2.04. The standard InChI is InChI=1S/C19H30N4O2/c1-4-15(3)22-18(24)17-8-6-7-16(13-17)14-21-19(20-5-2)23-9-11-25-12-10-23/h6-8,13,15H,4-5,9-12,14H2,1-3H3,(H,20,21)(H,22,24). The molecule has 0 spiro atoms. The largest absolute Gasteiger partial charge is 0.378 e. The second-order valence-corrected chi connectivity index (χ2v) is 6.25. The predicted octanol–water partition coefficient (Wildman–Crippen LogP) is 2.01. The van der Waals surface area contributed by atoms with E-state index in [2.05, 4.69) is 29.4 Å². The van der Waals surface area contributed by atoms with Gasteiger partial charge in [-0.3, -0.25) is 4.79 Å². The quantitative estimate of drug-likeness (QED) is 0.611. The molecule has 138 valence electrons. The molecule has 0 bridgehead atoms. The Morgan fingerprint density at radius 3 is 2.76 bits per heavy atom. The fraction of sp³-hybridized carbons (Fsp3) is 0.579. The minimum atomic E-state index is -0.0275. The Hall–Kier alpha value is -2.08. The van der Waals surface area contributed by atoms with Crippen molar-refractivity contribution in [3.63, 3.8) is 0 Å². The molecule has 1 aliphatic rings. The Bertz CT molecular complexity index is 583. The number of carbonyl (C=O) groups excluding carboxylic acids is 1. The van der Waals surface area contributed by atoms with Gasteiger partial charge in [-0.1, -0.05) is 19.1 Å². The third-order valence-electron chi connectivity index (χ3n) is 4.24. The van der Waals surface area contributed by atoms with Gasteiger partial charge in [0.2, 0.25) is 0 Å². The average Bonchev–Trinajstić information content (AvgIpc) is 2.66. The van der Waals surface area contributed by atoms with Crippen molar-refractivity contribution in [2.24, 2.45) is 4.99 Å². The summed E-state index contributed by atoms with van der Waals surface area (Å²) in [7, 11) is 0. The minimum Gasteiger partial charge on any atom is -0.378 e. The molecular formula is C19H30N4O2. The topological polar surface area (TPSA) is 66.0 Å². The Kier molecular flexibility index (Phi) is 7.73. The maximum atomic E-state index is 12.3. The van der Waals surface area contributed by atoms with Crippen LogP contribution in [0.2, 0.25) is 0 Å². The van der Waals surface area contributed by atoms with Gasteiger partial charge >= 0.3 is 0 Å². The molecular weight excluding hydrogens is 316 g/mol. The second-order valence-electron chi connectivity index (χ2n) is 6.25. The highest BCUT2D eigenvalue weighted by molar-refractivity contribution is 5.94. The van der Waals surface area contributed by atoms with E-state index in [-0.39, 0.29) is 11.9 Å². The maximum Gasteiger partial charge on any atom is 0.251 e. The molecule has 1 fully saturated rings. The van der Waals surface area contributed by atoms with Crippen LogP contribution >= 0.6 is 0 Å². The van der Waals surface area contributed by atoms with Crippen molar-refractivity contribution < 1.29 is 9.53 Å². The van der Waals surface area contributed by atoms with Gasteiger partial charge in [0.1, 0.15) is 0 Å². The van der Waals surface area contributed by atoms with Crippen LogP contribution in [-0.4, -0.2) is 55.7 Å². The predicted molar refractivity (Wildman–Crippen MR) is 101 cm³/mol. The molecule has 0 radical (unpaired) electrons. The lowest BCUT2D eigenvalue weighted by atomic mass is 10.1. The van der Waals surface area contributed by atoms with Crippen LogP contribution < -0.4 is 10.6 Å². The van der Waals surface area contributed by atoms with Crippen molar-refractivity contribution in [2.75, 3.05) is 32.8 Å². The van der Waals surface area contributed by atoms with Gasteiger partial charge in [-0.25, -0.2) is 4.99 Å². The van der Waals surface area contributed by atoms with Crippen molar-refractivity contribution in [2.45, 2.75) is 39.8 Å². The molecule has 1 unspecified atom stereocenters. The fourth-order valence-electron chi connectivity index (χ4n) is 2.59. The zero-order valence-electron chi connectivity index (χ0n) is 15.5. The first-order chi connectivity index (χ1) is 12.1. The molecule has 0 aromatic heterocycles. The summed E-state index contributed by atoms with van der Waals surface area (Å²) in [5.74, 6) is 0.875. The molecule has 6 heteroatoms. The van der Waals surface area contributed by atoms with Crippen molar-refractivity contribution >= 4 is 11.9 Å². The highest BCUT2D eigenvalue weighted by Crippen LogP contribution is 2.08. The van der Waals surface area contributed by atoms with Gasteiger partial charge in [-0.15, -0.1) is 0 Å². The van der Waals surface area contributed by atoms with E-state index in [9.17, 15) is 4.79 Å². The van der Waals surface area contributed by atoms with Crippen LogP contribution in [0.25, 0.3) is 0 Å². The van der Waals surface area contributed by atoms with Gasteiger partial charge in [-0.2, -0.15) is 0 Å². The van der Waals surface area contributed by atoms with Crippen molar-refractivity contribution in [3.8, 4) is 0 Å². The molecule has 1 aliphatic heterocycles. The number of amides is 1. The van der Waals surface area contributed by atoms with Gasteiger partial charge in [-0.05, 0) is 38.0 Å². The van der Waals surface area contributed by atoms with E-state index in [4.69, 9.17) is 9.73 Å². The summed E-state index contributed by atoms with van der Waals surface area (Å²) in [6.45, 7) is 10.7. The van der Waals surface area contributed by atoms with Crippen LogP contribution in [0.15, 0.2) is 29.3 Å². The number of hydrogen-bond donors (Lipinski definition) is 2. The molecule has 1 aromatic rings. The smallest absolute Gasteiger partial charge is 0.251 e. The first kappa shape index (κ1) is 19.2. The number of aliphatic imine (C=N–C) groups is 1. The Morgan fingerprint density at radius 2 is 2.08 bits per heavy atom. The highest BCUT2D eigenvalue weighted by atomic mass is 16.5. The molecule has 25 heavy (non-hydrogen) atoms. The number of nitrogens with zero attached hydrogens (tertiary/aromatic N) is 2. The Morgan fingerprint density at radius 1 is 1.32 bits per heavy atom. The first-order valence-corrected chi connectivity index (χ1v) is 9.14. The molecule has 1 saturated heterocycles. The summed E-state index contributed by atoms with van der Waals surface area (Å²) >= 11 is 0. The zero-order valence-corrected chi connectivity index (χ0v) is 15.5. The molecule has 1 atom stereocenters. The summed E-state index contributed by atoms with van der Waals surface area (Å²) in [4.78, 5) is 19.2. The lowest BCUT2D eigenvalue weighted by molar-refractivity contribution is 0.0664. The van der Waals surface area contributed by atoms with Crippen molar-refractivity contribution in [1.82, 2.24) is 15.5 Å². The summed E-state index contributed by atoms with van der Waals surface area (Å²) in [5.41, 5.74) is 1.71. The number of hydrogen-bond acceptors (Lipinski definition) is 3. The molecule has 0 aliphatic carbocycles. The molecule has 1 amide bonds. The van der Waals surface area contributed by atoms with Crippen molar-refractivity contribution in [3.05, 3.63) is 35.4 Å². The highest BCUT2D eigenvalue weighted by Gasteiger charge is 2.14. The van der Waals surface area contributed by atoms with E-state index in [1.54, 1.807) is 0 Å². The third kappa shape index (κ3) is 6.05. The van der Waals surface area contributed by atoms with Crippen LogP contribution in [0.3, 0.4) is 0 Å². The second kappa shape index (κ2) is 10.0. The van der Waals surface area contributed by atoms with E-state index in [1.807, 2.05) is 31.2 Å². The minimum absolute atomic E-state index is 0.0275. The van der Waals surface area contributed by atoms with Gasteiger partial charge in [0.05, 0.1) is 19.8 Å². The van der Waals surface area contributed by atoms with E-state index in [0.29, 0.717) is 12.1 Å². The van der Waals surface area contributed by atoms with Crippen LogP contribution in [-0.2, 0) is 11.3 Å². The van der Waals surface area contributed by atoms with E-state index in [0.717, 1.165) is 50.8 Å². The zero-order chi connectivity index (χ0) is 18.1. The third-order valence-corrected chi connectivity index (χ3v) is 4.24. The fourth-order valence-corrected chi connectivity index (χ4v) is 2.59. The number of benzene rings is 1. The summed E-state index contributed by atoms with van der Waals surface area (Å²) in [6.07, 6.45) is 0.918. The lowest BCUT2D eigenvalue weighted by Crippen LogP contribution is -2.47. The first-order valence-electron chi connectivity index (χ1n) is 9.14. The molecule has 1 aromatic carbocycles. The van der Waals surface area contributed by atoms with Crippen LogP contribution in [0.1, 0.15) is 43.1 Å².